The number of nitrogens with zero attached hydrogens (tertiary/aromatic N) is 1. The molecule has 0 bridgehead atoms. The number of carbonyl (C=O) groups excluding carboxylic acids is 2. The summed E-state index contributed by atoms with van der Waals surface area (Å²) in [7, 11) is 0. The summed E-state index contributed by atoms with van der Waals surface area (Å²) in [4.78, 5) is 28.5. The van der Waals surface area contributed by atoms with Crippen molar-refractivity contribution in [2.24, 2.45) is 0 Å². The monoisotopic (exact) mass is 343 g/mol. The largest absolute Gasteiger partial charge is 0.344 e. The number of aryl methyl sites for hydroxylation is 1. The zero-order valence-corrected chi connectivity index (χ0v) is 14.9. The number of aromatic nitrogens is 1. The van der Waals surface area contributed by atoms with Crippen molar-refractivity contribution in [1.82, 2.24) is 10.3 Å². The van der Waals surface area contributed by atoms with E-state index >= 15 is 0 Å². The Balaban J connectivity index is 1.71. The summed E-state index contributed by atoms with van der Waals surface area (Å²) in [6.07, 6.45) is 1.47. The predicted molar refractivity (Wildman–Crippen MR) is 95.1 cm³/mol. The lowest BCUT2D eigenvalue weighted by Crippen LogP contribution is -2.43. The molecular formula is C18H21N3O2S. The van der Waals surface area contributed by atoms with Gasteiger partial charge >= 0.3 is 0 Å². The molecular weight excluding hydrogens is 322 g/mol. The van der Waals surface area contributed by atoms with Crippen LogP contribution >= 0.6 is 11.3 Å². The molecule has 3 rings (SSSR count). The van der Waals surface area contributed by atoms with Gasteiger partial charge in [-0.1, -0.05) is 19.1 Å². The van der Waals surface area contributed by atoms with Crippen molar-refractivity contribution >= 4 is 28.8 Å². The van der Waals surface area contributed by atoms with Gasteiger partial charge in [0.2, 0.25) is 11.8 Å². The van der Waals surface area contributed by atoms with Crippen molar-refractivity contribution in [1.29, 1.82) is 0 Å². The lowest BCUT2D eigenvalue weighted by molar-refractivity contribution is -0.122. The first-order chi connectivity index (χ1) is 11.4. The molecule has 1 aromatic carbocycles. The van der Waals surface area contributed by atoms with Crippen molar-refractivity contribution in [2.45, 2.75) is 45.6 Å². The third kappa shape index (κ3) is 3.33. The summed E-state index contributed by atoms with van der Waals surface area (Å²) < 4.78 is 0. The van der Waals surface area contributed by atoms with Crippen LogP contribution in [0.1, 0.15) is 42.1 Å². The fourth-order valence-corrected chi connectivity index (χ4v) is 3.80. The van der Waals surface area contributed by atoms with E-state index in [2.05, 4.69) is 15.6 Å². The highest BCUT2D eigenvalue weighted by molar-refractivity contribution is 7.09. The third-order valence-corrected chi connectivity index (χ3v) is 5.60. The predicted octanol–water partition coefficient (Wildman–Crippen LogP) is 2.93. The van der Waals surface area contributed by atoms with Crippen LogP contribution in [0.3, 0.4) is 0 Å². The molecule has 2 heterocycles. The fraction of sp³-hybridized carbons (Fsp3) is 0.389. The normalized spacial score (nSPS) is 15.5. The van der Waals surface area contributed by atoms with Crippen molar-refractivity contribution < 1.29 is 9.59 Å². The van der Waals surface area contributed by atoms with Gasteiger partial charge in [0.05, 0.1) is 18.4 Å². The molecule has 0 radical (unpaired) electrons. The van der Waals surface area contributed by atoms with Gasteiger partial charge in [0, 0.05) is 16.8 Å². The van der Waals surface area contributed by atoms with E-state index in [1.807, 2.05) is 44.4 Å². The van der Waals surface area contributed by atoms with Gasteiger partial charge in [0.1, 0.15) is 5.01 Å². The van der Waals surface area contributed by atoms with Crippen LogP contribution in [-0.2, 0) is 28.0 Å². The quantitative estimate of drug-likeness (QED) is 0.877. The summed E-state index contributed by atoms with van der Waals surface area (Å²) in [6.45, 7) is 6.00. The van der Waals surface area contributed by atoms with Gasteiger partial charge in [-0.25, -0.2) is 4.98 Å². The average molecular weight is 343 g/mol. The Labute approximate surface area is 145 Å². The zero-order chi connectivity index (χ0) is 17.3. The van der Waals surface area contributed by atoms with Gasteiger partial charge in [-0.3, -0.25) is 9.59 Å². The third-order valence-electron chi connectivity index (χ3n) is 4.38. The van der Waals surface area contributed by atoms with Gasteiger partial charge in [-0.05, 0) is 37.5 Å². The summed E-state index contributed by atoms with van der Waals surface area (Å²) in [5, 5.41) is 8.87. The highest BCUT2D eigenvalue weighted by Crippen LogP contribution is 2.28. The number of rotatable bonds is 5. The number of benzene rings is 1. The van der Waals surface area contributed by atoms with E-state index in [9.17, 15) is 9.59 Å². The SMILES string of the molecule is CCC(C)(NC(=O)Cc1ccc2c(c1)NC(=O)C2)c1nc(C)cs1. The average Bonchev–Trinajstić information content (AvgIpc) is 3.11. The topological polar surface area (TPSA) is 71.1 Å². The number of fused-ring (bicyclic) bond motifs is 1. The van der Waals surface area contributed by atoms with E-state index in [0.29, 0.717) is 6.42 Å². The van der Waals surface area contributed by atoms with Crippen LogP contribution < -0.4 is 10.6 Å². The molecule has 2 amide bonds. The summed E-state index contributed by atoms with van der Waals surface area (Å²) >= 11 is 1.57. The van der Waals surface area contributed by atoms with E-state index in [0.717, 1.165) is 33.9 Å². The van der Waals surface area contributed by atoms with Gasteiger partial charge in [-0.2, -0.15) is 0 Å². The Hall–Kier alpha value is -2.21. The van der Waals surface area contributed by atoms with Crippen molar-refractivity contribution in [3.05, 3.63) is 45.4 Å². The molecule has 1 aliphatic heterocycles. The molecule has 5 nitrogen and oxygen atoms in total. The molecule has 0 spiro atoms. The van der Waals surface area contributed by atoms with E-state index in [4.69, 9.17) is 0 Å². The molecule has 1 aliphatic rings. The minimum atomic E-state index is -0.457. The van der Waals surface area contributed by atoms with Crippen LogP contribution in [0.25, 0.3) is 0 Å². The molecule has 24 heavy (non-hydrogen) atoms. The lowest BCUT2D eigenvalue weighted by Gasteiger charge is -2.27. The summed E-state index contributed by atoms with van der Waals surface area (Å²) in [5.74, 6) is -0.0409. The standard InChI is InChI=1S/C18H21N3O2S/c1-4-18(3,17-19-11(2)10-24-17)21-16(23)8-12-5-6-13-9-15(22)20-14(13)7-12/h5-7,10H,4,8-9H2,1-3H3,(H,20,22)(H,21,23). The number of nitrogens with one attached hydrogen (secondary N) is 2. The molecule has 2 aromatic rings. The van der Waals surface area contributed by atoms with Crippen LogP contribution in [0.4, 0.5) is 5.69 Å². The first-order valence-corrected chi connectivity index (χ1v) is 8.93. The highest BCUT2D eigenvalue weighted by Gasteiger charge is 2.29. The number of hydrogen-bond acceptors (Lipinski definition) is 4. The molecule has 126 valence electrons. The fourth-order valence-electron chi connectivity index (χ4n) is 2.81. The lowest BCUT2D eigenvalue weighted by atomic mass is 9.98. The Morgan fingerprint density at radius 3 is 2.92 bits per heavy atom. The van der Waals surface area contributed by atoms with Crippen LogP contribution in [0.15, 0.2) is 23.6 Å². The maximum absolute atomic E-state index is 12.5. The second-order valence-electron chi connectivity index (χ2n) is 6.42. The Morgan fingerprint density at radius 2 is 2.25 bits per heavy atom. The highest BCUT2D eigenvalue weighted by atomic mass is 32.1. The molecule has 6 heteroatoms. The molecule has 2 N–H and O–H groups in total. The van der Waals surface area contributed by atoms with Gasteiger partial charge in [0.25, 0.3) is 0 Å². The van der Waals surface area contributed by atoms with E-state index in [-0.39, 0.29) is 18.2 Å². The Bertz CT molecular complexity index is 799. The number of carbonyl (C=O) groups is 2. The molecule has 1 atom stereocenters. The van der Waals surface area contributed by atoms with Crippen molar-refractivity contribution in [3.63, 3.8) is 0 Å². The smallest absolute Gasteiger partial charge is 0.228 e. The van der Waals surface area contributed by atoms with Crippen LogP contribution in [0, 0.1) is 6.92 Å². The first-order valence-electron chi connectivity index (χ1n) is 8.05. The van der Waals surface area contributed by atoms with Gasteiger partial charge in [-0.15, -0.1) is 11.3 Å². The van der Waals surface area contributed by atoms with Gasteiger partial charge in [0.15, 0.2) is 0 Å². The van der Waals surface area contributed by atoms with Crippen LogP contribution in [-0.4, -0.2) is 16.8 Å². The zero-order valence-electron chi connectivity index (χ0n) is 14.1. The number of hydrogen-bond donors (Lipinski definition) is 2. The minimum Gasteiger partial charge on any atom is -0.344 e. The summed E-state index contributed by atoms with van der Waals surface area (Å²) in [6, 6.07) is 5.71. The molecule has 0 saturated heterocycles. The Morgan fingerprint density at radius 1 is 1.46 bits per heavy atom. The Kier molecular flexibility index (Phi) is 4.41. The van der Waals surface area contributed by atoms with Crippen molar-refractivity contribution in [2.75, 3.05) is 5.32 Å². The van der Waals surface area contributed by atoms with E-state index in [1.54, 1.807) is 11.3 Å². The molecule has 0 saturated carbocycles. The maximum Gasteiger partial charge on any atom is 0.228 e. The number of amides is 2. The number of thiazole rings is 1. The first kappa shape index (κ1) is 16.6. The number of anilines is 1. The molecule has 1 unspecified atom stereocenters. The van der Waals surface area contributed by atoms with Crippen LogP contribution in [0.2, 0.25) is 0 Å². The molecule has 0 fully saturated rings. The van der Waals surface area contributed by atoms with Crippen molar-refractivity contribution in [3.8, 4) is 0 Å². The second-order valence-corrected chi connectivity index (χ2v) is 7.28. The second kappa shape index (κ2) is 6.36. The van der Waals surface area contributed by atoms with E-state index < -0.39 is 5.54 Å². The maximum atomic E-state index is 12.5. The van der Waals surface area contributed by atoms with E-state index in [1.165, 1.54) is 0 Å². The minimum absolute atomic E-state index is 0.00398. The van der Waals surface area contributed by atoms with Gasteiger partial charge < -0.3 is 10.6 Å². The molecule has 0 aliphatic carbocycles. The summed E-state index contributed by atoms with van der Waals surface area (Å²) in [5.41, 5.74) is 3.21. The van der Waals surface area contributed by atoms with Crippen LogP contribution in [0.5, 0.6) is 0 Å². The molecule has 1 aromatic heterocycles.